The molecular weight excluding hydrogens is 328 g/mol. The van der Waals surface area contributed by atoms with Crippen molar-refractivity contribution in [3.05, 3.63) is 23.8 Å². The van der Waals surface area contributed by atoms with Gasteiger partial charge in [0.2, 0.25) is 15.9 Å². The van der Waals surface area contributed by atoms with E-state index >= 15 is 0 Å². The minimum absolute atomic E-state index is 0.105. The Hall–Kier alpha value is -1.60. The fourth-order valence-corrected chi connectivity index (χ4v) is 4.07. The van der Waals surface area contributed by atoms with Gasteiger partial charge in [0, 0.05) is 20.1 Å². The normalized spacial score (nSPS) is 15.3. The largest absolute Gasteiger partial charge is 0.495 e. The van der Waals surface area contributed by atoms with E-state index in [-0.39, 0.29) is 23.3 Å². The van der Waals surface area contributed by atoms with E-state index in [9.17, 15) is 13.2 Å². The van der Waals surface area contributed by atoms with Gasteiger partial charge < -0.3 is 9.64 Å². The second-order valence-electron chi connectivity index (χ2n) is 6.41. The molecule has 0 unspecified atom stereocenters. The van der Waals surface area contributed by atoms with Crippen molar-refractivity contribution >= 4 is 15.9 Å². The van der Waals surface area contributed by atoms with Gasteiger partial charge in [0.25, 0.3) is 0 Å². The first kappa shape index (κ1) is 18.7. The number of hydrogen-bond donors (Lipinski definition) is 0. The summed E-state index contributed by atoms with van der Waals surface area (Å²) in [6.45, 7) is 5.26. The number of nitrogens with zero attached hydrogens (tertiary/aromatic N) is 2. The number of rotatable bonds is 6. The van der Waals surface area contributed by atoms with E-state index in [0.717, 1.165) is 22.7 Å². The number of amides is 1. The smallest absolute Gasteiger partial charge is 0.246 e. The summed E-state index contributed by atoms with van der Waals surface area (Å²) < 4.78 is 32.2. The quantitative estimate of drug-likeness (QED) is 0.784. The summed E-state index contributed by atoms with van der Waals surface area (Å²) >= 11 is 0. The lowest BCUT2D eigenvalue weighted by Gasteiger charge is -2.22. The summed E-state index contributed by atoms with van der Waals surface area (Å²) in [6, 6.07) is 5.16. The molecule has 2 rings (SSSR count). The summed E-state index contributed by atoms with van der Waals surface area (Å²) in [5.74, 6) is 0.332. The fourth-order valence-electron chi connectivity index (χ4n) is 2.76. The summed E-state index contributed by atoms with van der Waals surface area (Å²) in [5, 5.41) is 0. The molecule has 7 heteroatoms. The van der Waals surface area contributed by atoms with Crippen LogP contribution in [-0.2, 0) is 14.8 Å². The van der Waals surface area contributed by atoms with Crippen molar-refractivity contribution in [1.29, 1.82) is 0 Å². The first-order valence-corrected chi connectivity index (χ1v) is 9.63. The average Bonchev–Trinajstić information content (AvgIpc) is 3.08. The summed E-state index contributed by atoms with van der Waals surface area (Å²) in [6.07, 6.45) is 1.96. The molecule has 0 saturated carbocycles. The number of carbonyl (C=O) groups is 1. The molecule has 0 aromatic heterocycles. The molecule has 1 aliphatic heterocycles. The van der Waals surface area contributed by atoms with Gasteiger partial charge in [0.15, 0.2) is 0 Å². The highest BCUT2D eigenvalue weighted by molar-refractivity contribution is 7.89. The third-order valence-corrected chi connectivity index (χ3v) is 6.18. The molecule has 0 bridgehead atoms. The van der Waals surface area contributed by atoms with Crippen LogP contribution in [0.3, 0.4) is 0 Å². The molecule has 1 aromatic carbocycles. The zero-order valence-corrected chi connectivity index (χ0v) is 15.6. The standard InChI is InChI=1S/C17H26N2O4S/c1-13(2)14-7-8-15(23-4)16(11-14)24(21,22)18(3)12-17(20)19-9-5-6-10-19/h7-8,11,13H,5-6,9-10,12H2,1-4H3. The zero-order chi connectivity index (χ0) is 17.9. The average molecular weight is 354 g/mol. The maximum Gasteiger partial charge on any atom is 0.246 e. The van der Waals surface area contributed by atoms with Crippen molar-refractivity contribution < 1.29 is 17.9 Å². The predicted molar refractivity (Wildman–Crippen MR) is 92.7 cm³/mol. The minimum Gasteiger partial charge on any atom is -0.495 e. The van der Waals surface area contributed by atoms with E-state index in [1.807, 2.05) is 19.9 Å². The second kappa shape index (κ2) is 7.53. The third kappa shape index (κ3) is 3.89. The maximum atomic E-state index is 12.9. The van der Waals surface area contributed by atoms with Crippen LogP contribution in [-0.4, -0.2) is 57.3 Å². The molecule has 1 amide bonds. The van der Waals surface area contributed by atoms with E-state index in [0.29, 0.717) is 18.8 Å². The number of methoxy groups -OCH3 is 1. The van der Waals surface area contributed by atoms with Crippen molar-refractivity contribution in [2.75, 3.05) is 33.8 Å². The lowest BCUT2D eigenvalue weighted by molar-refractivity contribution is -0.130. The van der Waals surface area contributed by atoms with Crippen LogP contribution in [0.1, 0.15) is 38.2 Å². The van der Waals surface area contributed by atoms with E-state index in [4.69, 9.17) is 4.74 Å². The number of likely N-dealkylation sites (tertiary alicyclic amines) is 1. The highest BCUT2D eigenvalue weighted by Crippen LogP contribution is 2.30. The van der Waals surface area contributed by atoms with Gasteiger partial charge in [-0.15, -0.1) is 0 Å². The van der Waals surface area contributed by atoms with Crippen molar-refractivity contribution in [2.45, 2.75) is 37.5 Å². The lowest BCUT2D eigenvalue weighted by Crippen LogP contribution is -2.39. The molecule has 134 valence electrons. The second-order valence-corrected chi connectivity index (χ2v) is 8.43. The lowest BCUT2D eigenvalue weighted by atomic mass is 10.0. The predicted octanol–water partition coefficient (Wildman–Crippen LogP) is 2.06. The van der Waals surface area contributed by atoms with E-state index in [1.165, 1.54) is 14.2 Å². The number of sulfonamides is 1. The van der Waals surface area contributed by atoms with Gasteiger partial charge in [-0.05, 0) is 36.5 Å². The Balaban J connectivity index is 2.27. The van der Waals surface area contributed by atoms with Crippen LogP contribution in [0.15, 0.2) is 23.1 Å². The van der Waals surface area contributed by atoms with Crippen LogP contribution in [0.2, 0.25) is 0 Å². The first-order chi connectivity index (χ1) is 11.3. The number of benzene rings is 1. The first-order valence-electron chi connectivity index (χ1n) is 8.19. The highest BCUT2D eigenvalue weighted by atomic mass is 32.2. The van der Waals surface area contributed by atoms with Crippen molar-refractivity contribution in [3.8, 4) is 5.75 Å². The Kier molecular flexibility index (Phi) is 5.87. The Labute approximate surface area is 144 Å². The number of carbonyl (C=O) groups excluding carboxylic acids is 1. The molecule has 24 heavy (non-hydrogen) atoms. The number of ether oxygens (including phenoxy) is 1. The summed E-state index contributed by atoms with van der Waals surface area (Å²) in [5.41, 5.74) is 0.911. The van der Waals surface area contributed by atoms with Gasteiger partial charge in [0.1, 0.15) is 10.6 Å². The number of likely N-dealkylation sites (N-methyl/N-ethyl adjacent to an activating group) is 1. The van der Waals surface area contributed by atoms with Crippen LogP contribution < -0.4 is 4.74 Å². The van der Waals surface area contributed by atoms with Gasteiger partial charge in [0.05, 0.1) is 13.7 Å². The van der Waals surface area contributed by atoms with Gasteiger partial charge in [-0.1, -0.05) is 19.9 Å². The monoisotopic (exact) mass is 354 g/mol. The molecule has 0 radical (unpaired) electrons. The van der Waals surface area contributed by atoms with E-state index in [2.05, 4.69) is 0 Å². The van der Waals surface area contributed by atoms with Crippen molar-refractivity contribution in [2.24, 2.45) is 0 Å². The van der Waals surface area contributed by atoms with Gasteiger partial charge in [-0.2, -0.15) is 4.31 Å². The van der Waals surface area contributed by atoms with Crippen molar-refractivity contribution in [1.82, 2.24) is 9.21 Å². The summed E-state index contributed by atoms with van der Waals surface area (Å²) in [4.78, 5) is 14.1. The fraction of sp³-hybridized carbons (Fsp3) is 0.588. The van der Waals surface area contributed by atoms with Crippen LogP contribution in [0.4, 0.5) is 0 Å². The Morgan fingerprint density at radius 3 is 2.46 bits per heavy atom. The molecule has 0 aliphatic carbocycles. The maximum absolute atomic E-state index is 12.9. The molecule has 1 aliphatic rings. The van der Waals surface area contributed by atoms with Gasteiger partial charge in [-0.25, -0.2) is 8.42 Å². The Morgan fingerprint density at radius 1 is 1.29 bits per heavy atom. The Bertz CT molecular complexity index is 695. The third-order valence-electron chi connectivity index (χ3n) is 4.36. The van der Waals surface area contributed by atoms with Crippen LogP contribution >= 0.6 is 0 Å². The van der Waals surface area contributed by atoms with Crippen LogP contribution in [0.25, 0.3) is 0 Å². The molecule has 0 spiro atoms. The van der Waals surface area contributed by atoms with Gasteiger partial charge >= 0.3 is 0 Å². The molecule has 1 aromatic rings. The van der Waals surface area contributed by atoms with E-state index < -0.39 is 10.0 Å². The summed E-state index contributed by atoms with van der Waals surface area (Å²) in [7, 11) is -0.923. The topological polar surface area (TPSA) is 66.9 Å². The molecule has 1 heterocycles. The zero-order valence-electron chi connectivity index (χ0n) is 14.8. The Morgan fingerprint density at radius 2 is 1.92 bits per heavy atom. The molecule has 6 nitrogen and oxygen atoms in total. The molecule has 0 N–H and O–H groups in total. The highest BCUT2D eigenvalue weighted by Gasteiger charge is 2.29. The van der Waals surface area contributed by atoms with Crippen LogP contribution in [0.5, 0.6) is 5.75 Å². The van der Waals surface area contributed by atoms with Crippen molar-refractivity contribution in [3.63, 3.8) is 0 Å². The van der Waals surface area contributed by atoms with Gasteiger partial charge in [-0.3, -0.25) is 4.79 Å². The van der Waals surface area contributed by atoms with Crippen LogP contribution in [0, 0.1) is 0 Å². The minimum atomic E-state index is -3.80. The SMILES string of the molecule is COc1ccc(C(C)C)cc1S(=O)(=O)N(C)CC(=O)N1CCCC1. The molecular formula is C17H26N2O4S. The number of hydrogen-bond acceptors (Lipinski definition) is 4. The molecule has 1 saturated heterocycles. The molecule has 1 fully saturated rings. The molecule has 0 atom stereocenters. The van der Waals surface area contributed by atoms with E-state index in [1.54, 1.807) is 17.0 Å².